The molecule has 0 saturated carbocycles. The van der Waals surface area contributed by atoms with Gasteiger partial charge in [-0.05, 0) is 51.5 Å². The number of carbonyl (C=O) groups is 1. The molecular formula is C22H22N6O3. The van der Waals surface area contributed by atoms with Gasteiger partial charge in [-0.2, -0.15) is 5.26 Å². The van der Waals surface area contributed by atoms with Crippen LogP contribution in [0.5, 0.6) is 5.88 Å². The van der Waals surface area contributed by atoms with Crippen LogP contribution in [0.3, 0.4) is 0 Å². The lowest BCUT2D eigenvalue weighted by molar-refractivity contribution is 0.175. The van der Waals surface area contributed by atoms with Crippen molar-refractivity contribution in [1.82, 2.24) is 24.3 Å². The Labute approximate surface area is 178 Å². The molecule has 0 radical (unpaired) electrons. The van der Waals surface area contributed by atoms with Crippen molar-refractivity contribution in [3.63, 3.8) is 0 Å². The van der Waals surface area contributed by atoms with Gasteiger partial charge in [-0.3, -0.25) is 9.55 Å². The second kappa shape index (κ2) is 6.35. The molecule has 1 aromatic carbocycles. The van der Waals surface area contributed by atoms with E-state index in [1.807, 2.05) is 20.8 Å². The molecule has 2 N–H and O–H groups in total. The number of benzene rings is 1. The van der Waals surface area contributed by atoms with Gasteiger partial charge in [0.15, 0.2) is 0 Å². The van der Waals surface area contributed by atoms with Gasteiger partial charge >= 0.3 is 11.7 Å². The highest BCUT2D eigenvalue weighted by molar-refractivity contribution is 5.91. The Kier molecular flexibility index (Phi) is 3.93. The maximum atomic E-state index is 13.3. The number of aromatic hydroxyl groups is 1. The minimum Gasteiger partial charge on any atom is -0.493 e. The van der Waals surface area contributed by atoms with Crippen molar-refractivity contribution in [2.75, 3.05) is 6.54 Å². The average Bonchev–Trinajstić information content (AvgIpc) is 3.38. The summed E-state index contributed by atoms with van der Waals surface area (Å²) in [6.45, 7) is 6.14. The van der Waals surface area contributed by atoms with E-state index < -0.39 is 0 Å². The standard InChI is InChI=1S/C22H22N6O3/c1-22(2,3)25-20(30)26-11-13-9-16(26)18-19(29)28(21(31)27(13)18)15-7-6-12(10-23)17-14(15)5-4-8-24-17/h4-8,13,16,29H,9,11H2,1-3H3,(H,25,30)/t13-,16?/m1/s1. The number of aromatic nitrogens is 3. The number of hydrogen-bond acceptors (Lipinski definition) is 5. The molecule has 158 valence electrons. The fraction of sp³-hybridized carbons (Fsp3) is 0.364. The zero-order valence-corrected chi connectivity index (χ0v) is 17.5. The second-order valence-electron chi connectivity index (χ2n) is 9.08. The smallest absolute Gasteiger partial charge is 0.336 e. The van der Waals surface area contributed by atoms with Gasteiger partial charge in [0.05, 0.1) is 28.9 Å². The predicted octanol–water partition coefficient (Wildman–Crippen LogP) is 2.57. The Morgan fingerprint density at radius 2 is 2.10 bits per heavy atom. The quantitative estimate of drug-likeness (QED) is 0.630. The van der Waals surface area contributed by atoms with E-state index in [2.05, 4.69) is 16.4 Å². The molecule has 2 aliphatic rings. The number of carbonyl (C=O) groups excluding carboxylic acids is 1. The minimum absolute atomic E-state index is 0.180. The van der Waals surface area contributed by atoms with Crippen LogP contribution in [-0.2, 0) is 0 Å². The molecular weight excluding hydrogens is 396 g/mol. The third-order valence-electron chi connectivity index (χ3n) is 5.91. The van der Waals surface area contributed by atoms with E-state index in [-0.39, 0.29) is 35.2 Å². The SMILES string of the molecule is CC(C)(C)NC(=O)N1C[C@H]2CC1c1c(O)n(-c3ccc(C#N)c4ncccc34)c(=O)n12. The first kappa shape index (κ1) is 19.2. The Morgan fingerprint density at radius 1 is 1.32 bits per heavy atom. The molecule has 31 heavy (non-hydrogen) atoms. The number of rotatable bonds is 1. The van der Waals surface area contributed by atoms with Crippen molar-refractivity contribution < 1.29 is 9.90 Å². The first-order valence-corrected chi connectivity index (χ1v) is 10.1. The molecule has 3 aromatic rings. The van der Waals surface area contributed by atoms with Crippen molar-refractivity contribution in [3.8, 4) is 17.6 Å². The topological polar surface area (TPSA) is 116 Å². The summed E-state index contributed by atoms with van der Waals surface area (Å²) in [5.74, 6) is -0.180. The van der Waals surface area contributed by atoms with Gasteiger partial charge in [-0.15, -0.1) is 0 Å². The molecule has 4 heterocycles. The summed E-state index contributed by atoms with van der Waals surface area (Å²) in [4.78, 5) is 32.1. The molecule has 5 rings (SSSR count). The largest absolute Gasteiger partial charge is 0.493 e. The van der Waals surface area contributed by atoms with E-state index in [4.69, 9.17) is 0 Å². The van der Waals surface area contributed by atoms with Crippen molar-refractivity contribution in [3.05, 3.63) is 52.2 Å². The lowest BCUT2D eigenvalue weighted by Crippen LogP contribution is -2.49. The lowest BCUT2D eigenvalue weighted by Gasteiger charge is -2.31. The lowest BCUT2D eigenvalue weighted by atomic mass is 10.1. The number of amides is 2. The van der Waals surface area contributed by atoms with Crippen LogP contribution < -0.4 is 11.0 Å². The highest BCUT2D eigenvalue weighted by Crippen LogP contribution is 2.48. The monoisotopic (exact) mass is 418 g/mol. The van der Waals surface area contributed by atoms with E-state index in [1.54, 1.807) is 39.9 Å². The summed E-state index contributed by atoms with van der Waals surface area (Å²) in [5.41, 5.74) is 1.02. The molecule has 2 aliphatic heterocycles. The summed E-state index contributed by atoms with van der Waals surface area (Å²) in [7, 11) is 0. The Bertz CT molecular complexity index is 1340. The number of nitriles is 1. The molecule has 9 heteroatoms. The van der Waals surface area contributed by atoms with Crippen LogP contribution in [0.1, 0.15) is 50.5 Å². The summed E-state index contributed by atoms with van der Waals surface area (Å²) in [5, 5.41) is 24.1. The number of pyridine rings is 1. The van der Waals surface area contributed by atoms with Gasteiger partial charge in [0.2, 0.25) is 5.88 Å². The van der Waals surface area contributed by atoms with Crippen LogP contribution in [0.2, 0.25) is 0 Å². The van der Waals surface area contributed by atoms with Crippen LogP contribution in [-0.4, -0.2) is 42.2 Å². The van der Waals surface area contributed by atoms with Crippen molar-refractivity contribution in [2.24, 2.45) is 0 Å². The van der Waals surface area contributed by atoms with Crippen LogP contribution in [0.25, 0.3) is 16.6 Å². The first-order chi connectivity index (χ1) is 14.7. The zero-order valence-electron chi connectivity index (χ0n) is 17.5. The molecule has 2 bridgehead atoms. The van der Waals surface area contributed by atoms with Gasteiger partial charge < -0.3 is 15.3 Å². The highest BCUT2D eigenvalue weighted by Gasteiger charge is 2.49. The fourth-order valence-electron chi connectivity index (χ4n) is 4.72. The number of fused-ring (bicyclic) bond motifs is 6. The Hall–Kier alpha value is -3.80. The van der Waals surface area contributed by atoms with Gasteiger partial charge in [0, 0.05) is 23.7 Å². The van der Waals surface area contributed by atoms with Gasteiger partial charge in [-0.25, -0.2) is 14.2 Å². The molecule has 9 nitrogen and oxygen atoms in total. The summed E-state index contributed by atoms with van der Waals surface area (Å²) in [6.07, 6.45) is 2.19. The summed E-state index contributed by atoms with van der Waals surface area (Å²) >= 11 is 0. The number of nitrogens with zero attached hydrogens (tertiary/aromatic N) is 5. The highest BCUT2D eigenvalue weighted by atomic mass is 16.3. The molecule has 2 atom stereocenters. The molecule has 1 unspecified atom stereocenters. The van der Waals surface area contributed by atoms with E-state index in [0.717, 1.165) is 0 Å². The van der Waals surface area contributed by atoms with Crippen molar-refractivity contribution >= 4 is 16.9 Å². The number of likely N-dealkylation sites (tertiary alicyclic amines) is 1. The second-order valence-corrected chi connectivity index (χ2v) is 9.08. The van der Waals surface area contributed by atoms with E-state index in [1.165, 1.54) is 4.57 Å². The molecule has 2 amide bonds. The van der Waals surface area contributed by atoms with Crippen LogP contribution in [0.4, 0.5) is 4.79 Å². The third kappa shape index (κ3) is 2.71. The normalized spacial score (nSPS) is 19.5. The fourth-order valence-corrected chi connectivity index (χ4v) is 4.72. The molecule has 1 fully saturated rings. The van der Waals surface area contributed by atoms with E-state index in [9.17, 15) is 20.0 Å². The molecule has 0 aliphatic carbocycles. The molecule has 0 spiro atoms. The minimum atomic E-state index is -0.388. The van der Waals surface area contributed by atoms with Crippen molar-refractivity contribution in [2.45, 2.75) is 44.8 Å². The zero-order chi connectivity index (χ0) is 22.1. The molecule has 1 saturated heterocycles. The van der Waals surface area contributed by atoms with Crippen LogP contribution >= 0.6 is 0 Å². The van der Waals surface area contributed by atoms with Crippen LogP contribution in [0.15, 0.2) is 35.3 Å². The van der Waals surface area contributed by atoms with Crippen molar-refractivity contribution in [1.29, 1.82) is 5.26 Å². The summed E-state index contributed by atoms with van der Waals surface area (Å²) in [6, 6.07) is 8.07. The number of nitrogens with one attached hydrogen (secondary N) is 1. The first-order valence-electron chi connectivity index (χ1n) is 10.1. The van der Waals surface area contributed by atoms with Gasteiger partial charge in [-0.1, -0.05) is 0 Å². The Morgan fingerprint density at radius 3 is 2.81 bits per heavy atom. The average molecular weight is 418 g/mol. The van der Waals surface area contributed by atoms with Gasteiger partial charge in [0.25, 0.3) is 0 Å². The van der Waals surface area contributed by atoms with Crippen LogP contribution in [0, 0.1) is 11.3 Å². The summed E-state index contributed by atoms with van der Waals surface area (Å²) < 4.78 is 2.85. The predicted molar refractivity (Wildman–Crippen MR) is 113 cm³/mol. The number of hydrogen-bond donors (Lipinski definition) is 2. The molecule has 2 aromatic heterocycles. The number of imidazole rings is 1. The maximum absolute atomic E-state index is 13.3. The maximum Gasteiger partial charge on any atom is 0.336 e. The number of urea groups is 1. The third-order valence-corrected chi connectivity index (χ3v) is 5.91. The van der Waals surface area contributed by atoms with E-state index >= 15 is 0 Å². The van der Waals surface area contributed by atoms with Gasteiger partial charge in [0.1, 0.15) is 11.8 Å². The van der Waals surface area contributed by atoms with E-state index in [0.29, 0.717) is 40.8 Å². The Balaban J connectivity index is 1.64.